The fourth-order valence-electron chi connectivity index (χ4n) is 1.95. The molecule has 0 amide bonds. The summed E-state index contributed by atoms with van der Waals surface area (Å²) in [6, 6.07) is 0.0652. The highest BCUT2D eigenvalue weighted by Crippen LogP contribution is 2.09. The van der Waals surface area contributed by atoms with Gasteiger partial charge in [-0.3, -0.25) is 4.90 Å². The molecule has 5 nitrogen and oxygen atoms in total. The van der Waals surface area contributed by atoms with E-state index in [1.807, 2.05) is 20.8 Å². The summed E-state index contributed by atoms with van der Waals surface area (Å²) in [4.78, 5) is 2.30. The van der Waals surface area contributed by atoms with Crippen LogP contribution in [0.5, 0.6) is 0 Å². The van der Waals surface area contributed by atoms with E-state index in [-0.39, 0.29) is 18.4 Å². The second kappa shape index (κ2) is 8.00. The highest BCUT2D eigenvalue weighted by molar-refractivity contribution is 4.78. The third-order valence-electron chi connectivity index (χ3n) is 2.88. The van der Waals surface area contributed by atoms with Crippen LogP contribution in [0, 0.1) is 0 Å². The van der Waals surface area contributed by atoms with Gasteiger partial charge in [-0.1, -0.05) is 0 Å². The Hall–Kier alpha value is -0.200. The van der Waals surface area contributed by atoms with Gasteiger partial charge >= 0.3 is 0 Å². The lowest BCUT2D eigenvalue weighted by Crippen LogP contribution is -2.51. The average Bonchev–Trinajstić information content (AvgIpc) is 2.30. The Balaban J connectivity index is 2.37. The lowest BCUT2D eigenvalue weighted by Gasteiger charge is -2.36. The molecule has 0 spiro atoms. The van der Waals surface area contributed by atoms with Crippen molar-refractivity contribution in [2.24, 2.45) is 5.73 Å². The van der Waals surface area contributed by atoms with Gasteiger partial charge in [0, 0.05) is 38.9 Å². The van der Waals surface area contributed by atoms with Crippen molar-refractivity contribution < 1.29 is 14.2 Å². The average molecular weight is 246 g/mol. The van der Waals surface area contributed by atoms with Crippen LogP contribution < -0.4 is 5.73 Å². The Morgan fingerprint density at radius 2 is 2.00 bits per heavy atom. The molecule has 1 rings (SSSR count). The molecule has 102 valence electrons. The van der Waals surface area contributed by atoms with E-state index in [9.17, 15) is 0 Å². The van der Waals surface area contributed by atoms with Crippen LogP contribution >= 0.6 is 0 Å². The van der Waals surface area contributed by atoms with Gasteiger partial charge in [0.25, 0.3) is 0 Å². The van der Waals surface area contributed by atoms with Gasteiger partial charge in [0.1, 0.15) is 0 Å². The van der Waals surface area contributed by atoms with Crippen LogP contribution in [-0.2, 0) is 14.2 Å². The van der Waals surface area contributed by atoms with Crippen LogP contribution in [-0.4, -0.2) is 62.8 Å². The first-order valence-electron chi connectivity index (χ1n) is 6.50. The summed E-state index contributed by atoms with van der Waals surface area (Å²) in [6.07, 6.45) is -0.0236. The Kier molecular flexibility index (Phi) is 6.99. The molecular weight excluding hydrogens is 220 g/mol. The second-order valence-electron chi connectivity index (χ2n) is 4.37. The molecule has 0 saturated carbocycles. The molecule has 1 fully saturated rings. The van der Waals surface area contributed by atoms with Gasteiger partial charge in [-0.2, -0.15) is 0 Å². The Morgan fingerprint density at radius 3 is 2.53 bits per heavy atom. The summed E-state index contributed by atoms with van der Waals surface area (Å²) in [7, 11) is 0. The fraction of sp³-hybridized carbons (Fsp3) is 1.00. The third-order valence-corrected chi connectivity index (χ3v) is 2.88. The van der Waals surface area contributed by atoms with E-state index < -0.39 is 0 Å². The predicted molar refractivity (Wildman–Crippen MR) is 66.9 cm³/mol. The molecule has 0 aromatic carbocycles. The number of hydrogen-bond acceptors (Lipinski definition) is 5. The van der Waals surface area contributed by atoms with Crippen molar-refractivity contribution in [1.82, 2.24) is 4.90 Å². The maximum Gasteiger partial charge on any atom is 0.170 e. The molecule has 0 bridgehead atoms. The summed E-state index contributed by atoms with van der Waals surface area (Å²) in [6.45, 7) is 10.6. The molecule has 0 aromatic rings. The molecule has 17 heavy (non-hydrogen) atoms. The molecule has 1 aliphatic rings. The minimum Gasteiger partial charge on any atom is -0.374 e. The molecule has 0 radical (unpaired) electrons. The maximum absolute atomic E-state index is 5.86. The van der Waals surface area contributed by atoms with Gasteiger partial charge in [-0.05, 0) is 20.8 Å². The zero-order valence-corrected chi connectivity index (χ0v) is 11.2. The van der Waals surface area contributed by atoms with Crippen molar-refractivity contribution in [2.75, 3.05) is 39.5 Å². The van der Waals surface area contributed by atoms with E-state index in [4.69, 9.17) is 19.9 Å². The van der Waals surface area contributed by atoms with Gasteiger partial charge in [-0.15, -0.1) is 0 Å². The van der Waals surface area contributed by atoms with E-state index in [2.05, 4.69) is 4.90 Å². The van der Waals surface area contributed by atoms with E-state index in [1.165, 1.54) is 0 Å². The van der Waals surface area contributed by atoms with Gasteiger partial charge in [0.15, 0.2) is 6.29 Å². The normalized spacial score (nSPS) is 24.2. The van der Waals surface area contributed by atoms with Crippen molar-refractivity contribution >= 4 is 0 Å². The number of morpholine rings is 1. The van der Waals surface area contributed by atoms with Crippen LogP contribution in [0.3, 0.4) is 0 Å². The van der Waals surface area contributed by atoms with E-state index in [1.54, 1.807) is 0 Å². The highest BCUT2D eigenvalue weighted by Gasteiger charge is 2.25. The maximum atomic E-state index is 5.86. The second-order valence-corrected chi connectivity index (χ2v) is 4.37. The molecule has 1 saturated heterocycles. The van der Waals surface area contributed by atoms with Crippen LogP contribution in [0.4, 0.5) is 0 Å². The number of nitrogens with zero attached hydrogens (tertiary/aromatic N) is 1. The smallest absolute Gasteiger partial charge is 0.170 e. The summed E-state index contributed by atoms with van der Waals surface area (Å²) < 4.78 is 16.7. The molecule has 1 aliphatic heterocycles. The first-order chi connectivity index (χ1) is 8.17. The van der Waals surface area contributed by atoms with E-state index in [0.717, 1.165) is 26.2 Å². The molecular formula is C12H26N2O3. The van der Waals surface area contributed by atoms with Gasteiger partial charge in [0.2, 0.25) is 0 Å². The highest BCUT2D eigenvalue weighted by atomic mass is 16.7. The minimum atomic E-state index is -0.142. The van der Waals surface area contributed by atoms with Crippen LogP contribution in [0.15, 0.2) is 0 Å². The van der Waals surface area contributed by atoms with Crippen molar-refractivity contribution in [3.8, 4) is 0 Å². The summed E-state index contributed by atoms with van der Waals surface area (Å²) in [5.41, 5.74) is 5.86. The summed E-state index contributed by atoms with van der Waals surface area (Å²) in [5, 5.41) is 0. The largest absolute Gasteiger partial charge is 0.374 e. The van der Waals surface area contributed by atoms with Crippen LogP contribution in [0.25, 0.3) is 0 Å². The van der Waals surface area contributed by atoms with Gasteiger partial charge < -0.3 is 19.9 Å². The lowest BCUT2D eigenvalue weighted by atomic mass is 10.1. The predicted octanol–water partition coefficient (Wildman–Crippen LogP) is 0.434. The number of nitrogens with two attached hydrogens (primary N) is 1. The van der Waals surface area contributed by atoms with Crippen LogP contribution in [0.2, 0.25) is 0 Å². The number of rotatable bonds is 7. The van der Waals surface area contributed by atoms with Crippen molar-refractivity contribution in [2.45, 2.75) is 39.2 Å². The van der Waals surface area contributed by atoms with Gasteiger partial charge in [-0.25, -0.2) is 0 Å². The molecule has 2 unspecified atom stereocenters. The fourth-order valence-corrected chi connectivity index (χ4v) is 1.95. The summed E-state index contributed by atoms with van der Waals surface area (Å²) in [5.74, 6) is 0. The Morgan fingerprint density at radius 1 is 1.35 bits per heavy atom. The molecule has 2 N–H and O–H groups in total. The van der Waals surface area contributed by atoms with E-state index in [0.29, 0.717) is 13.2 Å². The Labute approximate surface area is 104 Å². The van der Waals surface area contributed by atoms with Crippen LogP contribution in [0.1, 0.15) is 20.8 Å². The van der Waals surface area contributed by atoms with Crippen molar-refractivity contribution in [3.63, 3.8) is 0 Å². The van der Waals surface area contributed by atoms with E-state index >= 15 is 0 Å². The summed E-state index contributed by atoms with van der Waals surface area (Å²) >= 11 is 0. The van der Waals surface area contributed by atoms with Crippen molar-refractivity contribution in [1.29, 1.82) is 0 Å². The molecule has 2 atom stereocenters. The van der Waals surface area contributed by atoms with Crippen molar-refractivity contribution in [3.05, 3.63) is 0 Å². The lowest BCUT2D eigenvalue weighted by molar-refractivity contribution is -0.157. The minimum absolute atomic E-state index is 0.0652. The zero-order valence-electron chi connectivity index (χ0n) is 11.2. The molecule has 0 aliphatic carbocycles. The zero-order chi connectivity index (χ0) is 12.7. The SMILES string of the molecule is CCOC(CN1CCOC(C(C)N)C1)OCC. The first kappa shape index (κ1) is 14.9. The quantitative estimate of drug-likeness (QED) is 0.660. The monoisotopic (exact) mass is 246 g/mol. The Bertz CT molecular complexity index is 196. The molecule has 1 heterocycles. The van der Waals surface area contributed by atoms with Gasteiger partial charge in [0.05, 0.1) is 12.7 Å². The number of hydrogen-bond donors (Lipinski definition) is 1. The molecule has 5 heteroatoms. The molecule has 0 aromatic heterocycles. The third kappa shape index (κ3) is 5.31. The first-order valence-corrected chi connectivity index (χ1v) is 6.50. The topological polar surface area (TPSA) is 57.0 Å². The number of ether oxygens (including phenoxy) is 3. The standard InChI is InChI=1S/C12H26N2O3/c1-4-15-12(16-5-2)9-14-6-7-17-11(8-14)10(3)13/h10-12H,4-9,13H2,1-3H3.